The van der Waals surface area contributed by atoms with Crippen LogP contribution < -0.4 is 15.8 Å². The molecule has 1 unspecified atom stereocenters. The molecule has 0 spiro atoms. The lowest BCUT2D eigenvalue weighted by Gasteiger charge is -2.24. The average molecular weight is 412 g/mol. The lowest BCUT2D eigenvalue weighted by atomic mass is 10.0. The van der Waals surface area contributed by atoms with Gasteiger partial charge in [-0.15, -0.1) is 0 Å². The van der Waals surface area contributed by atoms with Crippen LogP contribution in [0.5, 0.6) is 11.5 Å². The summed E-state index contributed by atoms with van der Waals surface area (Å²) >= 11 is 0. The largest absolute Gasteiger partial charge is 0.453 e. The normalized spacial score (nSPS) is 15.8. The predicted octanol–water partition coefficient (Wildman–Crippen LogP) is 2.97. The van der Waals surface area contributed by atoms with Gasteiger partial charge in [0.15, 0.2) is 11.6 Å². The Hall–Kier alpha value is -2.97. The number of amides is 1. The number of hydrogen-bond acceptors (Lipinski definition) is 5. The van der Waals surface area contributed by atoms with Crippen molar-refractivity contribution in [1.82, 2.24) is 15.3 Å². The number of ether oxygens (including phenoxy) is 2. The van der Waals surface area contributed by atoms with E-state index < -0.39 is 11.9 Å². The van der Waals surface area contributed by atoms with Crippen LogP contribution in [-0.4, -0.2) is 41.2 Å². The lowest BCUT2D eigenvalue weighted by Crippen LogP contribution is -2.48. The SMILES string of the molecule is Cc1c[nH]c2nccc(Oc3ccc(CC(N)C(=O)NC4CCOCC4)cc3F)c12. The molecule has 1 aromatic carbocycles. The van der Waals surface area contributed by atoms with Gasteiger partial charge in [0.2, 0.25) is 5.91 Å². The van der Waals surface area contributed by atoms with E-state index >= 15 is 0 Å². The summed E-state index contributed by atoms with van der Waals surface area (Å²) in [6.45, 7) is 3.21. The Morgan fingerprint density at radius 3 is 2.93 bits per heavy atom. The van der Waals surface area contributed by atoms with E-state index in [1.165, 1.54) is 6.07 Å². The first kappa shape index (κ1) is 20.3. The van der Waals surface area contributed by atoms with Crippen LogP contribution in [0.15, 0.2) is 36.7 Å². The molecule has 158 valence electrons. The van der Waals surface area contributed by atoms with Crippen molar-refractivity contribution in [1.29, 1.82) is 0 Å². The zero-order chi connectivity index (χ0) is 21.1. The van der Waals surface area contributed by atoms with Crippen LogP contribution in [0.1, 0.15) is 24.0 Å². The number of nitrogens with zero attached hydrogens (tertiary/aromatic N) is 1. The van der Waals surface area contributed by atoms with Crippen molar-refractivity contribution in [3.8, 4) is 11.5 Å². The highest BCUT2D eigenvalue weighted by Gasteiger charge is 2.21. The number of aromatic amines is 1. The van der Waals surface area contributed by atoms with Gasteiger partial charge in [0.25, 0.3) is 0 Å². The number of carbonyl (C=O) groups excluding carboxylic acids is 1. The maximum atomic E-state index is 14.7. The maximum absolute atomic E-state index is 14.7. The second-order valence-corrected chi connectivity index (χ2v) is 7.58. The smallest absolute Gasteiger partial charge is 0.237 e. The van der Waals surface area contributed by atoms with Crippen LogP contribution >= 0.6 is 0 Å². The Labute approximate surface area is 173 Å². The summed E-state index contributed by atoms with van der Waals surface area (Å²) in [7, 11) is 0. The molecule has 8 heteroatoms. The molecule has 7 nitrogen and oxygen atoms in total. The van der Waals surface area contributed by atoms with Crippen molar-refractivity contribution < 1.29 is 18.7 Å². The number of aromatic nitrogens is 2. The van der Waals surface area contributed by atoms with Gasteiger partial charge >= 0.3 is 0 Å². The molecule has 1 aliphatic heterocycles. The monoisotopic (exact) mass is 412 g/mol. The Kier molecular flexibility index (Phi) is 5.96. The maximum Gasteiger partial charge on any atom is 0.237 e. The van der Waals surface area contributed by atoms with Crippen LogP contribution in [-0.2, 0) is 16.0 Å². The highest BCUT2D eigenvalue weighted by atomic mass is 19.1. The van der Waals surface area contributed by atoms with E-state index in [0.717, 1.165) is 23.8 Å². The number of benzene rings is 1. The summed E-state index contributed by atoms with van der Waals surface area (Å²) in [4.78, 5) is 19.6. The minimum atomic E-state index is -0.749. The number of nitrogens with one attached hydrogen (secondary N) is 2. The van der Waals surface area contributed by atoms with Crippen LogP contribution in [0.2, 0.25) is 0 Å². The van der Waals surface area contributed by atoms with E-state index in [2.05, 4.69) is 15.3 Å². The molecule has 4 rings (SSSR count). The van der Waals surface area contributed by atoms with Gasteiger partial charge in [0, 0.05) is 31.6 Å². The third-order valence-corrected chi connectivity index (χ3v) is 5.31. The Balaban J connectivity index is 1.42. The fourth-order valence-electron chi connectivity index (χ4n) is 3.64. The van der Waals surface area contributed by atoms with Gasteiger partial charge in [-0.3, -0.25) is 4.79 Å². The minimum absolute atomic E-state index is 0.0823. The highest BCUT2D eigenvalue weighted by molar-refractivity contribution is 5.86. The quantitative estimate of drug-likeness (QED) is 0.578. The van der Waals surface area contributed by atoms with E-state index in [1.807, 2.05) is 13.1 Å². The first-order valence-electron chi connectivity index (χ1n) is 10.0. The lowest BCUT2D eigenvalue weighted by molar-refractivity contribution is -0.123. The highest BCUT2D eigenvalue weighted by Crippen LogP contribution is 2.32. The summed E-state index contributed by atoms with van der Waals surface area (Å²) in [5.41, 5.74) is 8.32. The number of aryl methyl sites for hydroxylation is 1. The van der Waals surface area contributed by atoms with Gasteiger partial charge in [-0.25, -0.2) is 9.37 Å². The molecule has 1 amide bonds. The second kappa shape index (κ2) is 8.81. The molecule has 30 heavy (non-hydrogen) atoms. The molecule has 2 aromatic heterocycles. The number of halogens is 1. The van der Waals surface area contributed by atoms with Crippen LogP contribution in [0, 0.1) is 12.7 Å². The van der Waals surface area contributed by atoms with E-state index in [4.69, 9.17) is 15.2 Å². The van der Waals surface area contributed by atoms with E-state index in [-0.39, 0.29) is 24.1 Å². The third-order valence-electron chi connectivity index (χ3n) is 5.31. The van der Waals surface area contributed by atoms with Crippen LogP contribution in [0.25, 0.3) is 11.0 Å². The van der Waals surface area contributed by atoms with E-state index in [9.17, 15) is 9.18 Å². The van der Waals surface area contributed by atoms with Gasteiger partial charge in [0.1, 0.15) is 11.4 Å². The molecule has 1 fully saturated rings. The number of H-pyrrole nitrogens is 1. The van der Waals surface area contributed by atoms with Crippen molar-refractivity contribution in [3.63, 3.8) is 0 Å². The first-order valence-corrected chi connectivity index (χ1v) is 10.0. The van der Waals surface area contributed by atoms with Gasteiger partial charge in [-0.2, -0.15) is 0 Å². The zero-order valence-electron chi connectivity index (χ0n) is 16.8. The van der Waals surface area contributed by atoms with Gasteiger partial charge in [-0.05, 0) is 55.5 Å². The summed E-state index contributed by atoms with van der Waals surface area (Å²) in [5, 5.41) is 3.76. The first-order chi connectivity index (χ1) is 14.5. The minimum Gasteiger partial charge on any atom is -0.453 e. The van der Waals surface area contributed by atoms with E-state index in [1.54, 1.807) is 24.4 Å². The molecule has 0 aliphatic carbocycles. The number of carbonyl (C=O) groups is 1. The van der Waals surface area contributed by atoms with Gasteiger partial charge < -0.3 is 25.5 Å². The average Bonchev–Trinajstić information content (AvgIpc) is 3.12. The molecule has 0 saturated carbocycles. The molecule has 0 bridgehead atoms. The van der Waals surface area contributed by atoms with Gasteiger partial charge in [0.05, 0.1) is 11.4 Å². The number of rotatable bonds is 6. The second-order valence-electron chi connectivity index (χ2n) is 7.58. The summed E-state index contributed by atoms with van der Waals surface area (Å²) in [5.74, 6) is -0.113. The van der Waals surface area contributed by atoms with Crippen LogP contribution in [0.3, 0.4) is 0 Å². The van der Waals surface area contributed by atoms with E-state index in [0.29, 0.717) is 30.2 Å². The Morgan fingerprint density at radius 2 is 2.17 bits per heavy atom. The molecule has 3 heterocycles. The van der Waals surface area contributed by atoms with Crippen molar-refractivity contribution in [3.05, 3.63) is 53.6 Å². The van der Waals surface area contributed by atoms with Crippen LogP contribution in [0.4, 0.5) is 4.39 Å². The molecule has 1 aliphatic rings. The molecule has 4 N–H and O–H groups in total. The number of fused-ring (bicyclic) bond motifs is 1. The topological polar surface area (TPSA) is 102 Å². The molecular formula is C22H25FN4O3. The summed E-state index contributed by atoms with van der Waals surface area (Å²) < 4.78 is 25.8. The molecule has 1 saturated heterocycles. The van der Waals surface area contributed by atoms with Crippen molar-refractivity contribution in [2.45, 2.75) is 38.3 Å². The zero-order valence-corrected chi connectivity index (χ0v) is 16.8. The molecular weight excluding hydrogens is 387 g/mol. The predicted molar refractivity (Wildman–Crippen MR) is 111 cm³/mol. The van der Waals surface area contributed by atoms with Crippen molar-refractivity contribution in [2.24, 2.45) is 5.73 Å². The fourth-order valence-corrected chi connectivity index (χ4v) is 3.64. The molecule has 1 atom stereocenters. The molecule has 3 aromatic rings. The Morgan fingerprint density at radius 1 is 1.37 bits per heavy atom. The number of nitrogens with two attached hydrogens (primary N) is 1. The molecule has 0 radical (unpaired) electrons. The fraction of sp³-hybridized carbons (Fsp3) is 0.364. The Bertz CT molecular complexity index is 1050. The summed E-state index contributed by atoms with van der Waals surface area (Å²) in [6, 6.07) is 5.68. The van der Waals surface area contributed by atoms with Crippen molar-refractivity contribution >= 4 is 16.9 Å². The standard InChI is InChI=1S/C22H25FN4O3/c1-13-12-26-21-20(13)19(4-7-25-21)30-18-3-2-14(10-16(18)23)11-17(24)22(28)27-15-5-8-29-9-6-15/h2-4,7,10,12,15,17H,5-6,8-9,11,24H2,1H3,(H,25,26)(H,27,28). The summed E-state index contributed by atoms with van der Waals surface area (Å²) in [6.07, 6.45) is 5.24. The number of hydrogen-bond donors (Lipinski definition) is 3. The third kappa shape index (κ3) is 4.44. The number of pyridine rings is 1. The van der Waals surface area contributed by atoms with Crippen molar-refractivity contribution in [2.75, 3.05) is 13.2 Å². The van der Waals surface area contributed by atoms with Gasteiger partial charge in [-0.1, -0.05) is 6.07 Å².